The second-order valence-corrected chi connectivity index (χ2v) is 6.83. The van der Waals surface area contributed by atoms with Gasteiger partial charge >= 0.3 is 0 Å². The number of amides is 3. The molecule has 9 nitrogen and oxygen atoms in total. The van der Waals surface area contributed by atoms with E-state index in [4.69, 9.17) is 5.73 Å². The molecule has 2 unspecified atom stereocenters. The van der Waals surface area contributed by atoms with E-state index in [2.05, 4.69) is 10.6 Å². The highest BCUT2D eigenvalue weighted by atomic mass is 16.5. The van der Waals surface area contributed by atoms with Gasteiger partial charge in [-0.2, -0.15) is 0 Å². The van der Waals surface area contributed by atoms with Crippen molar-refractivity contribution in [3.8, 4) is 0 Å². The van der Waals surface area contributed by atoms with Crippen LogP contribution in [0.25, 0.3) is 0 Å². The standard InChI is InChI=1S/C20H30N4O5/c1-3-4-5-16(12-24(29)13-25)20(28)23-11-17(26)10-18(21)14-6-8-15(9-7-14)19(27)22-2/h6-9,13,16,18,29H,3-5,10-12,21H2,1-2H3,(H,22,27)(H,23,28). The molecule has 29 heavy (non-hydrogen) atoms. The van der Waals surface area contributed by atoms with Crippen molar-refractivity contribution in [1.82, 2.24) is 15.7 Å². The van der Waals surface area contributed by atoms with Crippen molar-refractivity contribution in [3.05, 3.63) is 35.4 Å². The van der Waals surface area contributed by atoms with Gasteiger partial charge < -0.3 is 16.4 Å². The monoisotopic (exact) mass is 406 g/mol. The average Bonchev–Trinajstić information content (AvgIpc) is 2.74. The molecular weight excluding hydrogens is 376 g/mol. The topological polar surface area (TPSA) is 142 Å². The maximum Gasteiger partial charge on any atom is 0.251 e. The predicted molar refractivity (Wildman–Crippen MR) is 107 cm³/mol. The number of unbranched alkanes of at least 4 members (excludes halogenated alkanes) is 1. The number of hydrogen-bond acceptors (Lipinski definition) is 6. The number of benzene rings is 1. The van der Waals surface area contributed by atoms with Crippen LogP contribution in [0, 0.1) is 5.92 Å². The van der Waals surface area contributed by atoms with Crippen molar-refractivity contribution in [2.75, 3.05) is 20.1 Å². The number of hydroxylamine groups is 2. The minimum absolute atomic E-state index is 0.0275. The molecule has 1 rings (SSSR count). The Kier molecular flexibility index (Phi) is 10.6. The minimum Gasteiger partial charge on any atom is -0.355 e. The van der Waals surface area contributed by atoms with Gasteiger partial charge in [-0.25, -0.2) is 5.06 Å². The zero-order valence-corrected chi connectivity index (χ0v) is 16.9. The summed E-state index contributed by atoms with van der Waals surface area (Å²) in [6, 6.07) is 6.09. The third-order valence-electron chi connectivity index (χ3n) is 4.54. The number of nitrogens with two attached hydrogens (primary N) is 1. The van der Waals surface area contributed by atoms with Crippen LogP contribution < -0.4 is 16.4 Å². The van der Waals surface area contributed by atoms with Crippen LogP contribution in [0.5, 0.6) is 0 Å². The van der Waals surface area contributed by atoms with Gasteiger partial charge in [0, 0.05) is 25.1 Å². The van der Waals surface area contributed by atoms with Crippen LogP contribution in [0.4, 0.5) is 0 Å². The Morgan fingerprint density at radius 3 is 2.45 bits per heavy atom. The number of carbonyl (C=O) groups is 4. The van der Waals surface area contributed by atoms with Gasteiger partial charge in [0.2, 0.25) is 12.3 Å². The highest BCUT2D eigenvalue weighted by Gasteiger charge is 2.21. The fourth-order valence-electron chi connectivity index (χ4n) is 2.82. The number of ketones is 1. The first kappa shape index (κ1) is 24.3. The van der Waals surface area contributed by atoms with Crippen LogP contribution in [0.15, 0.2) is 24.3 Å². The molecule has 1 aromatic carbocycles. The molecule has 0 aliphatic heterocycles. The lowest BCUT2D eigenvalue weighted by Gasteiger charge is -2.19. The quantitative estimate of drug-likeness (QED) is 0.217. The van der Waals surface area contributed by atoms with Crippen LogP contribution in [0.2, 0.25) is 0 Å². The smallest absolute Gasteiger partial charge is 0.251 e. The van der Waals surface area contributed by atoms with E-state index in [0.29, 0.717) is 22.6 Å². The summed E-state index contributed by atoms with van der Waals surface area (Å²) in [5.74, 6) is -1.44. The van der Waals surface area contributed by atoms with E-state index in [-0.39, 0.29) is 37.6 Å². The van der Waals surface area contributed by atoms with Gasteiger partial charge in [-0.3, -0.25) is 24.4 Å². The average molecular weight is 406 g/mol. The molecule has 0 heterocycles. The zero-order valence-electron chi connectivity index (χ0n) is 16.9. The first-order chi connectivity index (χ1) is 13.8. The predicted octanol–water partition coefficient (Wildman–Crippen LogP) is 0.775. The normalized spacial score (nSPS) is 12.6. The number of nitrogens with one attached hydrogen (secondary N) is 2. The Balaban J connectivity index is 2.56. The Hall–Kier alpha value is -2.78. The van der Waals surface area contributed by atoms with Crippen LogP contribution in [-0.2, 0) is 14.4 Å². The first-order valence-electron chi connectivity index (χ1n) is 9.60. The van der Waals surface area contributed by atoms with Crippen LogP contribution in [0.3, 0.4) is 0 Å². The van der Waals surface area contributed by atoms with E-state index in [1.54, 1.807) is 31.3 Å². The molecule has 5 N–H and O–H groups in total. The molecule has 0 spiro atoms. The van der Waals surface area contributed by atoms with E-state index in [9.17, 15) is 24.4 Å². The van der Waals surface area contributed by atoms with Crippen molar-refractivity contribution >= 4 is 24.0 Å². The minimum atomic E-state index is -0.594. The number of Topliss-reactive ketones (excluding diaryl/α,β-unsaturated/α-hetero) is 1. The van der Waals surface area contributed by atoms with Gasteiger partial charge in [0.1, 0.15) is 0 Å². The van der Waals surface area contributed by atoms with Gasteiger partial charge in [0.25, 0.3) is 5.91 Å². The van der Waals surface area contributed by atoms with E-state index in [1.165, 1.54) is 0 Å². The second-order valence-electron chi connectivity index (χ2n) is 6.83. The number of rotatable bonds is 13. The first-order valence-corrected chi connectivity index (χ1v) is 9.60. The van der Waals surface area contributed by atoms with Gasteiger partial charge in [-0.15, -0.1) is 0 Å². The summed E-state index contributed by atoms with van der Waals surface area (Å²) in [5.41, 5.74) is 7.26. The van der Waals surface area contributed by atoms with E-state index in [0.717, 1.165) is 12.8 Å². The molecule has 9 heteroatoms. The highest BCUT2D eigenvalue weighted by molar-refractivity contribution is 5.94. The van der Waals surface area contributed by atoms with E-state index < -0.39 is 17.9 Å². The summed E-state index contributed by atoms with van der Waals surface area (Å²) in [6.07, 6.45) is 2.39. The third-order valence-corrected chi connectivity index (χ3v) is 4.54. The number of nitrogens with zero attached hydrogens (tertiary/aromatic N) is 1. The van der Waals surface area contributed by atoms with Gasteiger partial charge in [0.05, 0.1) is 19.0 Å². The lowest BCUT2D eigenvalue weighted by Crippen LogP contribution is -2.40. The molecule has 0 aliphatic carbocycles. The maximum atomic E-state index is 12.3. The molecule has 3 amide bonds. The highest BCUT2D eigenvalue weighted by Crippen LogP contribution is 2.15. The van der Waals surface area contributed by atoms with Crippen molar-refractivity contribution in [2.45, 2.75) is 38.6 Å². The molecule has 160 valence electrons. The van der Waals surface area contributed by atoms with Crippen LogP contribution in [0.1, 0.15) is 54.6 Å². The summed E-state index contributed by atoms with van der Waals surface area (Å²) in [5, 5.41) is 14.9. The maximum absolute atomic E-state index is 12.3. The van der Waals surface area contributed by atoms with Gasteiger partial charge in [-0.1, -0.05) is 31.9 Å². The summed E-state index contributed by atoms with van der Waals surface area (Å²) >= 11 is 0. The molecule has 0 aromatic heterocycles. The largest absolute Gasteiger partial charge is 0.355 e. The molecular formula is C20H30N4O5. The molecule has 1 aromatic rings. The number of hydrogen-bond donors (Lipinski definition) is 4. The summed E-state index contributed by atoms with van der Waals surface area (Å²) in [4.78, 5) is 46.6. The fourth-order valence-corrected chi connectivity index (χ4v) is 2.82. The lowest BCUT2D eigenvalue weighted by atomic mass is 9.99. The van der Waals surface area contributed by atoms with Crippen molar-refractivity contribution in [1.29, 1.82) is 0 Å². The molecule has 0 saturated carbocycles. The Labute approximate surface area is 170 Å². The molecule has 0 aliphatic rings. The SMILES string of the molecule is CCCCC(CN(O)C=O)C(=O)NCC(=O)CC(N)c1ccc(C(=O)NC)cc1. The summed E-state index contributed by atoms with van der Waals surface area (Å²) in [7, 11) is 1.54. The summed E-state index contributed by atoms with van der Waals surface area (Å²) < 4.78 is 0. The van der Waals surface area contributed by atoms with Gasteiger partial charge in [0.15, 0.2) is 5.78 Å². The van der Waals surface area contributed by atoms with Gasteiger partial charge in [-0.05, 0) is 24.1 Å². The van der Waals surface area contributed by atoms with E-state index in [1.807, 2.05) is 6.92 Å². The number of carbonyl (C=O) groups excluding carboxylic acids is 4. The fraction of sp³-hybridized carbons (Fsp3) is 0.500. The van der Waals surface area contributed by atoms with Crippen molar-refractivity contribution < 1.29 is 24.4 Å². The summed E-state index contributed by atoms with van der Waals surface area (Å²) in [6.45, 7) is 1.66. The molecule has 0 bridgehead atoms. The lowest BCUT2D eigenvalue weighted by molar-refractivity contribution is -0.154. The van der Waals surface area contributed by atoms with Crippen LogP contribution >= 0.6 is 0 Å². The molecule has 0 radical (unpaired) electrons. The van der Waals surface area contributed by atoms with Crippen LogP contribution in [-0.4, -0.2) is 54.4 Å². The molecule has 2 atom stereocenters. The zero-order chi connectivity index (χ0) is 21.8. The molecule has 0 saturated heterocycles. The van der Waals surface area contributed by atoms with Crippen molar-refractivity contribution in [2.24, 2.45) is 11.7 Å². The van der Waals surface area contributed by atoms with E-state index >= 15 is 0 Å². The Morgan fingerprint density at radius 2 is 1.90 bits per heavy atom. The van der Waals surface area contributed by atoms with Crippen molar-refractivity contribution in [3.63, 3.8) is 0 Å². The third kappa shape index (κ3) is 8.41. The second kappa shape index (κ2) is 12.6. The Morgan fingerprint density at radius 1 is 1.24 bits per heavy atom. The molecule has 0 fully saturated rings. The Bertz CT molecular complexity index is 693.